The maximum Gasteiger partial charge on any atom is 0.320 e. The standard InChI is InChI=1S/C23H23N7O2/c1-13(15-7-6-14-4-2-3-5-16(14)10-15)27-23-29-20(28-22(25)30-23)17-8-9-18(26-12-17)11-19(24)21(31)32/h2-10,12-13,19H,11,24H2,1H3,(H,31,32)(H3,25,27,28,29,30). The molecule has 0 saturated carbocycles. The van der Waals surface area contributed by atoms with E-state index in [4.69, 9.17) is 16.6 Å². The van der Waals surface area contributed by atoms with Crippen LogP contribution < -0.4 is 16.8 Å². The van der Waals surface area contributed by atoms with Gasteiger partial charge in [-0.2, -0.15) is 15.0 Å². The van der Waals surface area contributed by atoms with Crippen molar-refractivity contribution in [3.05, 3.63) is 72.1 Å². The third-order valence-corrected chi connectivity index (χ3v) is 5.10. The Morgan fingerprint density at radius 1 is 1.06 bits per heavy atom. The van der Waals surface area contributed by atoms with E-state index in [0.29, 0.717) is 23.0 Å². The number of benzene rings is 2. The molecule has 0 fully saturated rings. The third kappa shape index (κ3) is 4.79. The van der Waals surface area contributed by atoms with Crippen LogP contribution in [0.15, 0.2) is 60.8 Å². The number of carbonyl (C=O) groups is 1. The van der Waals surface area contributed by atoms with Gasteiger partial charge in [0.25, 0.3) is 0 Å². The highest BCUT2D eigenvalue weighted by atomic mass is 16.4. The van der Waals surface area contributed by atoms with Crippen LogP contribution in [0.1, 0.15) is 24.2 Å². The molecular weight excluding hydrogens is 406 g/mol. The molecule has 4 aromatic rings. The molecule has 2 unspecified atom stereocenters. The van der Waals surface area contributed by atoms with Gasteiger partial charge in [0.15, 0.2) is 5.82 Å². The fourth-order valence-corrected chi connectivity index (χ4v) is 3.33. The lowest BCUT2D eigenvalue weighted by atomic mass is 10.0. The molecule has 162 valence electrons. The topological polar surface area (TPSA) is 153 Å². The van der Waals surface area contributed by atoms with Gasteiger partial charge in [0.2, 0.25) is 11.9 Å². The summed E-state index contributed by atoms with van der Waals surface area (Å²) < 4.78 is 0. The lowest BCUT2D eigenvalue weighted by molar-refractivity contribution is -0.138. The van der Waals surface area contributed by atoms with Gasteiger partial charge in [-0.1, -0.05) is 36.4 Å². The van der Waals surface area contributed by atoms with Gasteiger partial charge >= 0.3 is 5.97 Å². The molecule has 9 heteroatoms. The van der Waals surface area contributed by atoms with Crippen molar-refractivity contribution in [2.75, 3.05) is 11.1 Å². The number of nitrogens with one attached hydrogen (secondary N) is 1. The van der Waals surface area contributed by atoms with Crippen LogP contribution in [0, 0.1) is 0 Å². The number of fused-ring (bicyclic) bond motifs is 1. The molecule has 6 N–H and O–H groups in total. The van der Waals surface area contributed by atoms with Crippen LogP contribution in [0.3, 0.4) is 0 Å². The van der Waals surface area contributed by atoms with E-state index in [1.165, 1.54) is 5.39 Å². The molecule has 0 saturated heterocycles. The van der Waals surface area contributed by atoms with E-state index in [1.807, 2.05) is 19.1 Å². The van der Waals surface area contributed by atoms with Crippen molar-refractivity contribution in [1.29, 1.82) is 0 Å². The Kier molecular flexibility index (Phi) is 5.91. The Bertz CT molecular complexity index is 1260. The average Bonchev–Trinajstić information content (AvgIpc) is 2.78. The summed E-state index contributed by atoms with van der Waals surface area (Å²) in [5.41, 5.74) is 13.8. The van der Waals surface area contributed by atoms with Crippen molar-refractivity contribution in [2.45, 2.75) is 25.4 Å². The first-order valence-electron chi connectivity index (χ1n) is 10.1. The summed E-state index contributed by atoms with van der Waals surface area (Å²) in [6, 6.07) is 16.8. The normalized spacial score (nSPS) is 12.9. The molecule has 2 aromatic carbocycles. The summed E-state index contributed by atoms with van der Waals surface area (Å²) in [6.07, 6.45) is 1.69. The molecule has 2 atom stereocenters. The fourth-order valence-electron chi connectivity index (χ4n) is 3.33. The summed E-state index contributed by atoms with van der Waals surface area (Å²) >= 11 is 0. The predicted octanol–water partition coefficient (Wildman–Crippen LogP) is 2.80. The number of carboxylic acid groups (broad SMARTS) is 1. The first-order chi connectivity index (χ1) is 15.4. The van der Waals surface area contributed by atoms with Gasteiger partial charge in [-0.3, -0.25) is 9.78 Å². The number of nitrogens with two attached hydrogens (primary N) is 2. The Morgan fingerprint density at radius 2 is 1.84 bits per heavy atom. The molecule has 0 radical (unpaired) electrons. The summed E-state index contributed by atoms with van der Waals surface area (Å²) in [4.78, 5) is 28.1. The van der Waals surface area contributed by atoms with Gasteiger partial charge in [0.05, 0.1) is 6.04 Å². The zero-order chi connectivity index (χ0) is 22.7. The molecule has 0 aliphatic heterocycles. The largest absolute Gasteiger partial charge is 0.480 e. The van der Waals surface area contributed by atoms with E-state index in [-0.39, 0.29) is 18.4 Å². The number of hydrogen-bond donors (Lipinski definition) is 4. The summed E-state index contributed by atoms with van der Waals surface area (Å²) in [7, 11) is 0. The molecule has 0 aliphatic rings. The highest BCUT2D eigenvalue weighted by molar-refractivity contribution is 5.83. The Labute approximate surface area is 184 Å². The lowest BCUT2D eigenvalue weighted by Gasteiger charge is -2.15. The highest BCUT2D eigenvalue weighted by Gasteiger charge is 2.14. The average molecular weight is 429 g/mol. The zero-order valence-corrected chi connectivity index (χ0v) is 17.4. The second-order valence-corrected chi connectivity index (χ2v) is 7.50. The molecule has 2 aromatic heterocycles. The van der Waals surface area contributed by atoms with Crippen LogP contribution in [-0.4, -0.2) is 37.1 Å². The number of aromatic nitrogens is 4. The fraction of sp³-hybridized carbons (Fsp3) is 0.174. The first-order valence-corrected chi connectivity index (χ1v) is 10.1. The van der Waals surface area contributed by atoms with E-state index in [0.717, 1.165) is 10.9 Å². The minimum absolute atomic E-state index is 0.0627. The van der Waals surface area contributed by atoms with E-state index in [1.54, 1.807) is 18.3 Å². The van der Waals surface area contributed by atoms with E-state index >= 15 is 0 Å². The molecule has 32 heavy (non-hydrogen) atoms. The second-order valence-electron chi connectivity index (χ2n) is 7.50. The summed E-state index contributed by atoms with van der Waals surface area (Å²) in [5.74, 6) is -0.269. The molecule has 0 aliphatic carbocycles. The van der Waals surface area contributed by atoms with Gasteiger partial charge in [0, 0.05) is 23.9 Å². The van der Waals surface area contributed by atoms with E-state index in [9.17, 15) is 4.79 Å². The van der Waals surface area contributed by atoms with Crippen LogP contribution in [0.5, 0.6) is 0 Å². The van der Waals surface area contributed by atoms with Crippen LogP contribution >= 0.6 is 0 Å². The SMILES string of the molecule is CC(Nc1nc(N)nc(-c2ccc(CC(N)C(=O)O)nc2)n1)c1ccc2ccccc2c1. The van der Waals surface area contributed by atoms with Crippen molar-refractivity contribution in [1.82, 2.24) is 19.9 Å². The number of rotatable bonds is 7. The van der Waals surface area contributed by atoms with E-state index in [2.05, 4.69) is 55.6 Å². The van der Waals surface area contributed by atoms with Crippen LogP contribution in [0.25, 0.3) is 22.2 Å². The number of aliphatic carboxylic acids is 1. The van der Waals surface area contributed by atoms with Gasteiger partial charge in [-0.25, -0.2) is 0 Å². The Balaban J connectivity index is 1.53. The quantitative estimate of drug-likeness (QED) is 0.347. The number of hydrogen-bond acceptors (Lipinski definition) is 8. The van der Waals surface area contributed by atoms with Crippen molar-refractivity contribution < 1.29 is 9.90 Å². The predicted molar refractivity (Wildman–Crippen MR) is 123 cm³/mol. The smallest absolute Gasteiger partial charge is 0.320 e. The van der Waals surface area contributed by atoms with E-state index < -0.39 is 12.0 Å². The number of carboxylic acids is 1. The number of pyridine rings is 1. The van der Waals surface area contributed by atoms with Gasteiger partial charge < -0.3 is 21.9 Å². The number of nitrogens with zero attached hydrogens (tertiary/aromatic N) is 4. The number of nitrogen functional groups attached to an aromatic ring is 1. The molecule has 9 nitrogen and oxygen atoms in total. The first kappa shape index (κ1) is 21.1. The van der Waals surface area contributed by atoms with Crippen LogP contribution in [0.4, 0.5) is 11.9 Å². The minimum atomic E-state index is -1.07. The van der Waals surface area contributed by atoms with Gasteiger partial charge in [0.1, 0.15) is 6.04 Å². The zero-order valence-electron chi connectivity index (χ0n) is 17.4. The third-order valence-electron chi connectivity index (χ3n) is 5.10. The van der Waals surface area contributed by atoms with Crippen LogP contribution in [0.2, 0.25) is 0 Å². The number of anilines is 2. The van der Waals surface area contributed by atoms with Gasteiger partial charge in [-0.05, 0) is 41.5 Å². The van der Waals surface area contributed by atoms with Crippen molar-refractivity contribution in [2.24, 2.45) is 5.73 Å². The molecule has 0 spiro atoms. The summed E-state index contributed by atoms with van der Waals surface area (Å²) in [5, 5.41) is 14.6. The maximum absolute atomic E-state index is 10.9. The Hall–Kier alpha value is -4.11. The Morgan fingerprint density at radius 3 is 2.56 bits per heavy atom. The minimum Gasteiger partial charge on any atom is -0.480 e. The van der Waals surface area contributed by atoms with Crippen molar-refractivity contribution in [3.63, 3.8) is 0 Å². The van der Waals surface area contributed by atoms with Crippen LogP contribution in [-0.2, 0) is 11.2 Å². The molecule has 0 bridgehead atoms. The summed E-state index contributed by atoms with van der Waals surface area (Å²) in [6.45, 7) is 2.02. The van der Waals surface area contributed by atoms with Crippen molar-refractivity contribution >= 4 is 28.6 Å². The molecular formula is C23H23N7O2. The monoisotopic (exact) mass is 429 g/mol. The maximum atomic E-state index is 10.9. The van der Waals surface area contributed by atoms with Crippen molar-refractivity contribution in [3.8, 4) is 11.4 Å². The highest BCUT2D eigenvalue weighted by Crippen LogP contribution is 2.24. The molecule has 2 heterocycles. The lowest BCUT2D eigenvalue weighted by Crippen LogP contribution is -2.32. The van der Waals surface area contributed by atoms with Gasteiger partial charge in [-0.15, -0.1) is 0 Å². The second kappa shape index (κ2) is 8.94. The molecule has 0 amide bonds. The molecule has 4 rings (SSSR count).